The Morgan fingerprint density at radius 2 is 1.58 bits per heavy atom. The molecule has 1 aliphatic heterocycles. The van der Waals surface area contributed by atoms with Gasteiger partial charge in [-0.3, -0.25) is 4.79 Å². The first-order chi connectivity index (χ1) is 23.1. The average molecular weight is 732 g/mol. The van der Waals surface area contributed by atoms with Gasteiger partial charge in [-0.2, -0.15) is 0 Å². The van der Waals surface area contributed by atoms with Gasteiger partial charge in [0.2, 0.25) is 5.91 Å². The van der Waals surface area contributed by atoms with Crippen molar-refractivity contribution in [3.05, 3.63) is 62.6 Å². The highest BCUT2D eigenvalue weighted by molar-refractivity contribution is 6.48. The van der Waals surface area contributed by atoms with Crippen LogP contribution in [0.15, 0.2) is 30.3 Å². The van der Waals surface area contributed by atoms with Crippen molar-refractivity contribution in [3.63, 3.8) is 0 Å². The molecular weight excluding hydrogens is 682 g/mol. The van der Waals surface area contributed by atoms with E-state index in [1.807, 2.05) is 6.07 Å². The van der Waals surface area contributed by atoms with Crippen LogP contribution in [0.3, 0.4) is 0 Å². The molecule has 1 amide bonds. The van der Waals surface area contributed by atoms with Crippen LogP contribution in [0.5, 0.6) is 5.75 Å². The lowest BCUT2D eigenvalue weighted by Gasteiger charge is -2.64. The summed E-state index contributed by atoms with van der Waals surface area (Å²) in [6.45, 7) is 17.3. The van der Waals surface area contributed by atoms with E-state index in [9.17, 15) is 14.4 Å². The lowest BCUT2D eigenvalue weighted by molar-refractivity contribution is -0.199. The second kappa shape index (κ2) is 13.6. The van der Waals surface area contributed by atoms with Crippen LogP contribution in [0.4, 0.5) is 0 Å². The third-order valence-electron chi connectivity index (χ3n) is 10.3. The maximum absolute atomic E-state index is 14.0. The van der Waals surface area contributed by atoms with E-state index in [1.54, 1.807) is 53.7 Å². The van der Waals surface area contributed by atoms with E-state index in [1.165, 1.54) is 19.2 Å². The molecule has 272 valence electrons. The number of hydrogen-bond acceptors (Lipinski definition) is 9. The molecule has 1 saturated heterocycles. The first-order valence-electron chi connectivity index (χ1n) is 17.1. The van der Waals surface area contributed by atoms with Crippen LogP contribution < -0.4 is 15.8 Å². The summed E-state index contributed by atoms with van der Waals surface area (Å²) in [5.41, 5.74) is 5.78. The minimum atomic E-state index is -1.27. The van der Waals surface area contributed by atoms with E-state index in [0.29, 0.717) is 17.2 Å². The normalized spacial score (nSPS) is 25.1. The highest BCUT2D eigenvalue weighted by Gasteiger charge is 2.68. The molecule has 50 heavy (non-hydrogen) atoms. The molecule has 2 aromatic rings. The second-order valence-corrected chi connectivity index (χ2v) is 17.2. The summed E-state index contributed by atoms with van der Waals surface area (Å²) in [7, 11) is 0.649. The van der Waals surface area contributed by atoms with Crippen molar-refractivity contribution in [3.8, 4) is 5.75 Å². The predicted octanol–water partition coefficient (Wildman–Crippen LogP) is 6.91. The van der Waals surface area contributed by atoms with Crippen molar-refractivity contribution < 1.29 is 37.9 Å². The van der Waals surface area contributed by atoms with Gasteiger partial charge in [0.25, 0.3) is 0 Å². The number of carbonyl (C=O) groups is 3. The number of nitrogens with one attached hydrogen (secondary N) is 1. The molecule has 1 heterocycles. The summed E-state index contributed by atoms with van der Waals surface area (Å²) in [5.74, 6) is -1.38. The molecule has 6 rings (SSSR count). The van der Waals surface area contributed by atoms with Gasteiger partial charge in [0.15, 0.2) is 0 Å². The largest absolute Gasteiger partial charge is 0.496 e. The van der Waals surface area contributed by atoms with Crippen molar-refractivity contribution >= 4 is 48.2 Å². The van der Waals surface area contributed by atoms with Gasteiger partial charge in [-0.15, -0.1) is 0 Å². The lowest BCUT2D eigenvalue weighted by Crippen LogP contribution is -2.65. The molecular formula is C37H49BCl2N2O8. The van der Waals surface area contributed by atoms with Gasteiger partial charge in [-0.05, 0) is 108 Å². The Kier molecular flexibility index (Phi) is 10.5. The first-order valence-corrected chi connectivity index (χ1v) is 17.8. The summed E-state index contributed by atoms with van der Waals surface area (Å²) in [6, 6.07) is 6.87. The van der Waals surface area contributed by atoms with Crippen LogP contribution in [0, 0.1) is 17.3 Å². The number of ether oxygens (including phenoxy) is 3. The number of hydrogen-bond donors (Lipinski definition) is 2. The van der Waals surface area contributed by atoms with Crippen molar-refractivity contribution in [2.45, 2.75) is 116 Å². The maximum atomic E-state index is 14.0. The van der Waals surface area contributed by atoms with E-state index in [2.05, 4.69) is 26.1 Å². The van der Waals surface area contributed by atoms with Crippen LogP contribution in [0.1, 0.15) is 113 Å². The topological polar surface area (TPSA) is 135 Å². The number of amides is 1. The number of halogens is 2. The number of methoxy groups -OCH3 is 1. The van der Waals surface area contributed by atoms with Gasteiger partial charge < -0.3 is 34.6 Å². The van der Waals surface area contributed by atoms with E-state index < -0.39 is 53.8 Å². The Balaban J connectivity index is 1.45. The Bertz CT molecular complexity index is 1670. The van der Waals surface area contributed by atoms with Crippen LogP contribution in [-0.4, -0.2) is 60.9 Å². The Hall–Kier alpha value is -2.83. The van der Waals surface area contributed by atoms with Crippen LogP contribution in [0.2, 0.25) is 10.0 Å². The smallest absolute Gasteiger partial charge is 0.482 e. The van der Waals surface area contributed by atoms with Gasteiger partial charge >= 0.3 is 19.1 Å². The number of benzene rings is 2. The van der Waals surface area contributed by atoms with Crippen molar-refractivity contribution in [1.29, 1.82) is 0 Å². The van der Waals surface area contributed by atoms with E-state index in [4.69, 9.17) is 52.5 Å². The molecule has 10 nitrogen and oxygen atoms in total. The molecule has 3 saturated carbocycles. The quantitative estimate of drug-likeness (QED) is 0.209. The van der Waals surface area contributed by atoms with Gasteiger partial charge in [-0.25, -0.2) is 9.59 Å². The summed E-state index contributed by atoms with van der Waals surface area (Å²) in [6.07, 6.45) is 1.94. The van der Waals surface area contributed by atoms with Gasteiger partial charge in [0.05, 0.1) is 40.4 Å². The third-order valence-corrected chi connectivity index (χ3v) is 11.2. The zero-order valence-corrected chi connectivity index (χ0v) is 32.1. The summed E-state index contributed by atoms with van der Waals surface area (Å²) >= 11 is 13.1. The molecule has 2 unspecified atom stereocenters. The fourth-order valence-electron chi connectivity index (χ4n) is 7.71. The van der Waals surface area contributed by atoms with E-state index in [0.717, 1.165) is 12.8 Å². The maximum Gasteiger partial charge on any atom is 0.482 e. The lowest BCUT2D eigenvalue weighted by atomic mass is 9.43. The molecule has 6 atom stereocenters. The molecule has 3 aliphatic carbocycles. The van der Waals surface area contributed by atoms with Crippen molar-refractivity contribution in [2.24, 2.45) is 23.0 Å². The van der Waals surface area contributed by atoms with Crippen LogP contribution >= 0.6 is 23.2 Å². The minimum absolute atomic E-state index is 0.0325. The average Bonchev–Trinajstić information content (AvgIpc) is 3.37. The van der Waals surface area contributed by atoms with Crippen molar-refractivity contribution in [2.75, 3.05) is 7.11 Å². The predicted molar refractivity (Wildman–Crippen MR) is 192 cm³/mol. The summed E-state index contributed by atoms with van der Waals surface area (Å²) < 4.78 is 30.3. The molecule has 4 aliphatic rings. The minimum Gasteiger partial charge on any atom is -0.496 e. The SMILES string of the molecule is COc1c(CC(NC(=O)C(N)c2ccc(C(=O)OC(C)(C)C)c(Cl)c2Cl)B2O[C@@H]3C[C@@H]4C[C@@H](C4(C)C)[C@]3(C)O2)cccc1C(=O)OC(C)(C)C. The number of rotatable bonds is 9. The zero-order chi connectivity index (χ0) is 37.1. The molecule has 0 aromatic heterocycles. The fraction of sp³-hybridized carbons (Fsp3) is 0.595. The highest BCUT2D eigenvalue weighted by atomic mass is 35.5. The number of nitrogens with two attached hydrogens (primary N) is 1. The first kappa shape index (κ1) is 38.4. The van der Waals surface area contributed by atoms with Crippen LogP contribution in [0.25, 0.3) is 0 Å². The van der Waals surface area contributed by atoms with Gasteiger partial charge in [0.1, 0.15) is 28.6 Å². The number of esters is 2. The monoisotopic (exact) mass is 730 g/mol. The van der Waals surface area contributed by atoms with Gasteiger partial charge in [-0.1, -0.05) is 55.2 Å². The molecule has 4 fully saturated rings. The third kappa shape index (κ3) is 7.40. The Morgan fingerprint density at radius 1 is 0.960 bits per heavy atom. The molecule has 0 radical (unpaired) electrons. The molecule has 2 bridgehead atoms. The van der Waals surface area contributed by atoms with E-state index >= 15 is 0 Å². The fourth-order valence-corrected chi connectivity index (χ4v) is 8.24. The highest BCUT2D eigenvalue weighted by Crippen LogP contribution is 2.65. The van der Waals surface area contributed by atoms with Gasteiger partial charge in [0, 0.05) is 0 Å². The molecule has 0 spiro atoms. The second-order valence-electron chi connectivity index (χ2n) is 16.5. The number of para-hydroxylation sites is 1. The standard InChI is InChI=1S/C37H49BCl2N2O8/c1-34(2,3)47-32(44)22-15-14-21(27(39)28(22)40)29(41)31(43)42-26(38-49-25-18-20-17-24(36(20,7)8)37(25,9)50-38)16-19-12-11-13-23(30(19)46-10)33(45)48-35(4,5)6/h11-15,20,24-26,29H,16-18,41H2,1-10H3,(H,42,43)/t20-,24-,25+,26?,29?,37-/m0/s1. The number of carbonyl (C=O) groups excluding carboxylic acids is 3. The molecule has 3 N–H and O–H groups in total. The molecule has 13 heteroatoms. The van der Waals surface area contributed by atoms with Crippen LogP contribution in [-0.2, 0) is 30.0 Å². The zero-order valence-electron chi connectivity index (χ0n) is 30.6. The van der Waals surface area contributed by atoms with Crippen molar-refractivity contribution in [1.82, 2.24) is 5.32 Å². The Labute approximate surface area is 305 Å². The Morgan fingerprint density at radius 3 is 2.16 bits per heavy atom. The summed E-state index contributed by atoms with van der Waals surface area (Å²) in [5, 5.41) is 2.96. The van der Waals surface area contributed by atoms with E-state index in [-0.39, 0.29) is 50.6 Å². The molecule has 2 aromatic carbocycles. The summed E-state index contributed by atoms with van der Waals surface area (Å²) in [4.78, 5) is 39.9.